The summed E-state index contributed by atoms with van der Waals surface area (Å²) in [5.74, 6) is -0.791. The monoisotopic (exact) mass is 411 g/mol. The Kier molecular flexibility index (Phi) is 9.59. The fraction of sp³-hybridized carbons (Fsp3) is 0.864. The second-order valence-corrected chi connectivity index (χ2v) is 10.1. The molecule has 1 fully saturated rings. The average molecular weight is 412 g/mol. The first-order chi connectivity index (χ1) is 13.4. The number of carbonyl (C=O) groups excluding carboxylic acids is 3. The highest BCUT2D eigenvalue weighted by atomic mass is 16.5. The number of carbonyl (C=O) groups is 3. The molecule has 0 aromatic rings. The molecule has 0 unspecified atom stereocenters. The van der Waals surface area contributed by atoms with Crippen LogP contribution in [0.25, 0.3) is 0 Å². The lowest BCUT2D eigenvalue weighted by atomic mass is 9.85. The van der Waals surface area contributed by atoms with Gasteiger partial charge in [0.2, 0.25) is 17.7 Å². The van der Waals surface area contributed by atoms with Crippen molar-refractivity contribution in [2.24, 2.45) is 23.2 Å². The van der Waals surface area contributed by atoms with Crippen LogP contribution in [0.5, 0.6) is 0 Å². The summed E-state index contributed by atoms with van der Waals surface area (Å²) in [6, 6.07) is -0.871. The average Bonchev–Trinajstić information content (AvgIpc) is 2.63. The minimum atomic E-state index is -0.695. The number of amides is 3. The molecule has 0 radical (unpaired) electrons. The molecule has 168 valence electrons. The molecule has 1 rings (SSSR count). The van der Waals surface area contributed by atoms with Crippen LogP contribution in [0.3, 0.4) is 0 Å². The van der Waals surface area contributed by atoms with Crippen LogP contribution in [0.15, 0.2) is 0 Å². The van der Waals surface area contributed by atoms with Crippen molar-refractivity contribution in [1.82, 2.24) is 15.7 Å². The van der Waals surface area contributed by atoms with Crippen molar-refractivity contribution in [1.29, 1.82) is 0 Å². The van der Waals surface area contributed by atoms with Gasteiger partial charge in [0.05, 0.1) is 6.04 Å². The quantitative estimate of drug-likeness (QED) is 0.422. The highest BCUT2D eigenvalue weighted by Crippen LogP contribution is 2.29. The van der Waals surface area contributed by atoms with Gasteiger partial charge in [-0.1, -0.05) is 41.5 Å². The smallest absolute Gasteiger partial charge is 0.249 e. The van der Waals surface area contributed by atoms with Crippen LogP contribution in [-0.2, 0) is 14.4 Å². The Balaban J connectivity index is 2.85. The van der Waals surface area contributed by atoms with Crippen LogP contribution in [0.4, 0.5) is 0 Å². The summed E-state index contributed by atoms with van der Waals surface area (Å²) in [6.45, 7) is 11.8. The summed E-state index contributed by atoms with van der Waals surface area (Å²) in [5.41, 5.74) is -0.463. The number of hydrogen-bond acceptors (Lipinski definition) is 4. The molecule has 29 heavy (non-hydrogen) atoms. The highest BCUT2D eigenvalue weighted by Gasteiger charge is 2.35. The van der Waals surface area contributed by atoms with Gasteiger partial charge in [0.15, 0.2) is 0 Å². The Morgan fingerprint density at radius 1 is 1.10 bits per heavy atom. The van der Waals surface area contributed by atoms with E-state index in [4.69, 9.17) is 0 Å². The van der Waals surface area contributed by atoms with Gasteiger partial charge in [-0.05, 0) is 49.4 Å². The molecule has 3 N–H and O–H groups in total. The summed E-state index contributed by atoms with van der Waals surface area (Å²) in [4.78, 5) is 37.9. The zero-order chi connectivity index (χ0) is 22.4. The summed E-state index contributed by atoms with van der Waals surface area (Å²) in [5, 5.41) is 16.8. The standard InChI is InChI=1S/C22H41N3O4/c1-14(2)12-16(21(28)25(29)17-10-8-15(3)9-11-17)13-18(26)24-19(20(27)23-7)22(4,5)6/h14-17,19,29H,8-13H2,1-7H3,(H,23,27)(H,24,26)/t15?,16-,17?,19+/m0/s1. The number of rotatable bonds is 8. The molecule has 7 heteroatoms. The first kappa shape index (κ1) is 25.4. The zero-order valence-electron chi connectivity index (χ0n) is 19.2. The predicted molar refractivity (Wildman–Crippen MR) is 113 cm³/mol. The van der Waals surface area contributed by atoms with Gasteiger partial charge >= 0.3 is 0 Å². The number of hydrogen-bond donors (Lipinski definition) is 3. The summed E-state index contributed by atoms with van der Waals surface area (Å²) >= 11 is 0. The van der Waals surface area contributed by atoms with E-state index >= 15 is 0 Å². The second-order valence-electron chi connectivity index (χ2n) is 10.1. The van der Waals surface area contributed by atoms with Gasteiger partial charge in [-0.25, -0.2) is 5.06 Å². The van der Waals surface area contributed by atoms with Crippen molar-refractivity contribution in [3.63, 3.8) is 0 Å². The Labute approximate surface area is 175 Å². The molecule has 0 aromatic carbocycles. The van der Waals surface area contributed by atoms with Gasteiger partial charge < -0.3 is 10.6 Å². The maximum absolute atomic E-state index is 13.0. The molecular weight excluding hydrogens is 370 g/mol. The maximum Gasteiger partial charge on any atom is 0.249 e. The molecule has 1 aliphatic carbocycles. The van der Waals surface area contributed by atoms with Gasteiger partial charge in [-0.2, -0.15) is 0 Å². The Morgan fingerprint density at radius 2 is 1.66 bits per heavy atom. The lowest BCUT2D eigenvalue weighted by Gasteiger charge is -2.34. The summed E-state index contributed by atoms with van der Waals surface area (Å²) in [6.07, 6.45) is 4.01. The molecule has 2 atom stereocenters. The fourth-order valence-electron chi connectivity index (χ4n) is 3.96. The van der Waals surface area contributed by atoms with E-state index in [9.17, 15) is 19.6 Å². The van der Waals surface area contributed by atoms with Crippen molar-refractivity contribution in [3.05, 3.63) is 0 Å². The second kappa shape index (κ2) is 11.0. The molecule has 0 aliphatic heterocycles. The van der Waals surface area contributed by atoms with Crippen LogP contribution < -0.4 is 10.6 Å². The minimum absolute atomic E-state index is 0.0409. The molecule has 1 aliphatic rings. The molecular formula is C22H41N3O4. The Hall–Kier alpha value is -1.63. The molecule has 3 amide bonds. The van der Waals surface area contributed by atoms with E-state index in [-0.39, 0.29) is 36.1 Å². The third-order valence-corrected chi connectivity index (χ3v) is 5.77. The maximum atomic E-state index is 13.0. The van der Waals surface area contributed by atoms with E-state index in [2.05, 4.69) is 17.6 Å². The van der Waals surface area contributed by atoms with Crippen molar-refractivity contribution in [3.8, 4) is 0 Å². The van der Waals surface area contributed by atoms with E-state index in [1.165, 1.54) is 7.05 Å². The number of nitrogens with zero attached hydrogens (tertiary/aromatic N) is 1. The molecule has 0 bridgehead atoms. The molecule has 0 aromatic heterocycles. The van der Waals surface area contributed by atoms with Gasteiger partial charge in [0.25, 0.3) is 0 Å². The predicted octanol–water partition coefficient (Wildman–Crippen LogP) is 3.11. The normalized spacial score (nSPS) is 22.0. The van der Waals surface area contributed by atoms with Crippen molar-refractivity contribution >= 4 is 17.7 Å². The fourth-order valence-corrected chi connectivity index (χ4v) is 3.96. The van der Waals surface area contributed by atoms with E-state index < -0.39 is 17.4 Å². The molecule has 7 nitrogen and oxygen atoms in total. The molecule has 0 heterocycles. The van der Waals surface area contributed by atoms with E-state index in [0.29, 0.717) is 12.3 Å². The topological polar surface area (TPSA) is 98.7 Å². The molecule has 0 spiro atoms. The van der Waals surface area contributed by atoms with E-state index in [1.807, 2.05) is 34.6 Å². The van der Waals surface area contributed by atoms with Crippen LogP contribution in [-0.4, -0.2) is 47.1 Å². The summed E-state index contributed by atoms with van der Waals surface area (Å²) < 4.78 is 0. The lowest BCUT2D eigenvalue weighted by molar-refractivity contribution is -0.185. The zero-order valence-corrected chi connectivity index (χ0v) is 19.2. The van der Waals surface area contributed by atoms with E-state index in [1.54, 1.807) is 0 Å². The number of nitrogens with one attached hydrogen (secondary N) is 2. The molecule has 1 saturated carbocycles. The third-order valence-electron chi connectivity index (χ3n) is 5.77. The van der Waals surface area contributed by atoms with Gasteiger partial charge in [0, 0.05) is 19.4 Å². The highest BCUT2D eigenvalue weighted by molar-refractivity contribution is 5.90. The first-order valence-corrected chi connectivity index (χ1v) is 10.9. The number of likely N-dealkylation sites (N-methyl/N-ethyl adjacent to an activating group) is 1. The van der Waals surface area contributed by atoms with Crippen LogP contribution >= 0.6 is 0 Å². The Bertz CT molecular complexity index is 563. The van der Waals surface area contributed by atoms with Crippen LogP contribution in [0, 0.1) is 23.2 Å². The number of hydroxylamine groups is 2. The SMILES string of the molecule is CNC(=O)[C@@H](NC(=O)C[C@H](CC(C)C)C(=O)N(O)C1CCC(C)CC1)C(C)(C)C. The van der Waals surface area contributed by atoms with Crippen LogP contribution in [0.1, 0.15) is 80.1 Å². The third kappa shape index (κ3) is 7.96. The van der Waals surface area contributed by atoms with Gasteiger partial charge in [0.1, 0.15) is 6.04 Å². The van der Waals surface area contributed by atoms with Gasteiger partial charge in [-0.3, -0.25) is 19.6 Å². The van der Waals surface area contributed by atoms with Crippen molar-refractivity contribution in [2.45, 2.75) is 92.2 Å². The minimum Gasteiger partial charge on any atom is -0.357 e. The van der Waals surface area contributed by atoms with Crippen molar-refractivity contribution < 1.29 is 19.6 Å². The largest absolute Gasteiger partial charge is 0.357 e. The molecule has 0 saturated heterocycles. The summed E-state index contributed by atoms with van der Waals surface area (Å²) in [7, 11) is 1.53. The Morgan fingerprint density at radius 3 is 2.10 bits per heavy atom. The van der Waals surface area contributed by atoms with Crippen LogP contribution in [0.2, 0.25) is 0 Å². The first-order valence-electron chi connectivity index (χ1n) is 10.9. The van der Waals surface area contributed by atoms with Crippen molar-refractivity contribution in [2.75, 3.05) is 7.05 Å². The van der Waals surface area contributed by atoms with Gasteiger partial charge in [-0.15, -0.1) is 0 Å². The van der Waals surface area contributed by atoms with E-state index in [0.717, 1.165) is 30.7 Å². The lowest BCUT2D eigenvalue weighted by Crippen LogP contribution is -2.53.